The molecule has 1 N–H and O–H groups in total. The number of hydrogen-bond acceptors (Lipinski definition) is 5. The van der Waals surface area contributed by atoms with Crippen molar-refractivity contribution in [2.24, 2.45) is 0 Å². The third-order valence-corrected chi connectivity index (χ3v) is 4.21. The van der Waals surface area contributed by atoms with E-state index in [0.29, 0.717) is 23.4 Å². The molecule has 0 saturated carbocycles. The van der Waals surface area contributed by atoms with Gasteiger partial charge in [-0.1, -0.05) is 12.1 Å². The van der Waals surface area contributed by atoms with Gasteiger partial charge in [-0.3, -0.25) is 4.79 Å². The largest absolute Gasteiger partial charge is 0.496 e. The lowest BCUT2D eigenvalue weighted by molar-refractivity contribution is 0.0600. The van der Waals surface area contributed by atoms with Gasteiger partial charge in [0.05, 0.1) is 25.3 Å². The number of thioether (sulfide) groups is 1. The second kappa shape index (κ2) is 8.40. The third kappa shape index (κ3) is 4.29. The summed E-state index contributed by atoms with van der Waals surface area (Å²) in [5.41, 5.74) is 1.85. The van der Waals surface area contributed by atoms with E-state index in [0.717, 1.165) is 10.5 Å². The number of nitrogens with one attached hydrogen (secondary N) is 1. The maximum Gasteiger partial charge on any atom is 0.337 e. The van der Waals surface area contributed by atoms with E-state index >= 15 is 0 Å². The number of methoxy groups -OCH3 is 2. The molecule has 6 heteroatoms. The fraction of sp³-hybridized carbons (Fsp3) is 0.222. The number of carbonyl (C=O) groups excluding carboxylic acids is 2. The molecule has 5 nitrogen and oxygen atoms in total. The lowest BCUT2D eigenvalue weighted by Gasteiger charge is -2.11. The van der Waals surface area contributed by atoms with Gasteiger partial charge in [0.1, 0.15) is 5.75 Å². The fourth-order valence-electron chi connectivity index (χ4n) is 2.14. The molecule has 0 aliphatic carbocycles. The van der Waals surface area contributed by atoms with E-state index in [1.165, 1.54) is 7.11 Å². The molecule has 0 radical (unpaired) electrons. The van der Waals surface area contributed by atoms with E-state index < -0.39 is 0 Å². The number of benzene rings is 2. The summed E-state index contributed by atoms with van der Waals surface area (Å²) in [5.74, 6) is -0.0545. The standard InChI is InChI=1S/C18H19NO4S/c1-22-16-10-14(24-3)8-9-15(16)17(20)19-11-12-4-6-13(7-5-12)18(21)23-2/h4-10H,11H2,1-3H3,(H,19,20). The Kier molecular flexibility index (Phi) is 6.26. The molecule has 0 spiro atoms. The fourth-order valence-corrected chi connectivity index (χ4v) is 2.57. The molecule has 1 amide bonds. The number of rotatable bonds is 6. The van der Waals surface area contributed by atoms with Crippen molar-refractivity contribution < 1.29 is 19.1 Å². The van der Waals surface area contributed by atoms with Crippen molar-refractivity contribution in [1.82, 2.24) is 5.32 Å². The van der Waals surface area contributed by atoms with Crippen LogP contribution in [-0.2, 0) is 11.3 Å². The third-order valence-electron chi connectivity index (χ3n) is 3.48. The summed E-state index contributed by atoms with van der Waals surface area (Å²) in [5, 5.41) is 2.85. The normalized spacial score (nSPS) is 10.1. The van der Waals surface area contributed by atoms with Crippen LogP contribution in [0, 0.1) is 0 Å². The van der Waals surface area contributed by atoms with Crippen LogP contribution in [0.5, 0.6) is 5.75 Å². The highest BCUT2D eigenvalue weighted by molar-refractivity contribution is 7.98. The van der Waals surface area contributed by atoms with Crippen LogP contribution < -0.4 is 10.1 Å². The minimum absolute atomic E-state index is 0.212. The minimum atomic E-state index is -0.385. The molecule has 0 bridgehead atoms. The highest BCUT2D eigenvalue weighted by Crippen LogP contribution is 2.25. The highest BCUT2D eigenvalue weighted by atomic mass is 32.2. The van der Waals surface area contributed by atoms with Gasteiger partial charge in [0.15, 0.2) is 0 Å². The maximum atomic E-state index is 12.3. The predicted molar refractivity (Wildman–Crippen MR) is 93.7 cm³/mol. The average molecular weight is 345 g/mol. The summed E-state index contributed by atoms with van der Waals surface area (Å²) >= 11 is 1.58. The van der Waals surface area contributed by atoms with E-state index in [2.05, 4.69) is 10.1 Å². The van der Waals surface area contributed by atoms with E-state index in [-0.39, 0.29) is 11.9 Å². The van der Waals surface area contributed by atoms with Crippen LogP contribution in [0.3, 0.4) is 0 Å². The van der Waals surface area contributed by atoms with E-state index in [1.54, 1.807) is 49.2 Å². The van der Waals surface area contributed by atoms with Gasteiger partial charge in [-0.25, -0.2) is 4.79 Å². The van der Waals surface area contributed by atoms with Crippen molar-refractivity contribution in [2.45, 2.75) is 11.4 Å². The monoisotopic (exact) mass is 345 g/mol. The lowest BCUT2D eigenvalue weighted by Crippen LogP contribution is -2.23. The topological polar surface area (TPSA) is 64.6 Å². The number of hydrogen-bond donors (Lipinski definition) is 1. The first kappa shape index (κ1) is 17.9. The molecule has 0 saturated heterocycles. The Labute approximate surface area is 145 Å². The van der Waals surface area contributed by atoms with Crippen LogP contribution in [0.4, 0.5) is 0 Å². The van der Waals surface area contributed by atoms with E-state index in [9.17, 15) is 9.59 Å². The molecule has 0 aromatic heterocycles. The SMILES string of the molecule is COC(=O)c1ccc(CNC(=O)c2ccc(SC)cc2OC)cc1. The Morgan fingerprint density at radius 3 is 2.38 bits per heavy atom. The quantitative estimate of drug-likeness (QED) is 0.644. The first-order chi connectivity index (χ1) is 11.6. The molecule has 2 rings (SSSR count). The smallest absolute Gasteiger partial charge is 0.337 e. The first-order valence-electron chi connectivity index (χ1n) is 7.26. The van der Waals surface area contributed by atoms with Crippen molar-refractivity contribution in [3.05, 3.63) is 59.2 Å². The molecule has 0 atom stereocenters. The summed E-state index contributed by atoms with van der Waals surface area (Å²) in [6.45, 7) is 0.355. The van der Waals surface area contributed by atoms with Crippen LogP contribution in [0.2, 0.25) is 0 Å². The molecule has 126 valence electrons. The summed E-state index contributed by atoms with van der Waals surface area (Å²) in [4.78, 5) is 24.8. The average Bonchev–Trinajstić information content (AvgIpc) is 2.65. The second-order valence-electron chi connectivity index (χ2n) is 4.94. The van der Waals surface area contributed by atoms with Gasteiger partial charge in [-0.15, -0.1) is 11.8 Å². The van der Waals surface area contributed by atoms with Gasteiger partial charge in [0, 0.05) is 11.4 Å². The zero-order chi connectivity index (χ0) is 17.5. The molecule has 24 heavy (non-hydrogen) atoms. The summed E-state index contributed by atoms with van der Waals surface area (Å²) in [7, 11) is 2.88. The van der Waals surface area contributed by atoms with Gasteiger partial charge in [-0.05, 0) is 42.2 Å². The van der Waals surface area contributed by atoms with Crippen molar-refractivity contribution in [1.29, 1.82) is 0 Å². The second-order valence-corrected chi connectivity index (χ2v) is 5.82. The number of amides is 1. The Morgan fingerprint density at radius 2 is 1.79 bits per heavy atom. The zero-order valence-electron chi connectivity index (χ0n) is 13.8. The number of carbonyl (C=O) groups is 2. The van der Waals surface area contributed by atoms with Crippen molar-refractivity contribution >= 4 is 23.6 Å². The molecule has 0 unspecified atom stereocenters. The van der Waals surface area contributed by atoms with E-state index in [1.807, 2.05) is 18.4 Å². The van der Waals surface area contributed by atoms with Gasteiger partial charge in [-0.2, -0.15) is 0 Å². The van der Waals surface area contributed by atoms with E-state index in [4.69, 9.17) is 4.74 Å². The van der Waals surface area contributed by atoms with Crippen molar-refractivity contribution in [2.75, 3.05) is 20.5 Å². The number of ether oxygens (including phenoxy) is 2. The molecule has 0 fully saturated rings. The molecule has 2 aromatic carbocycles. The summed E-state index contributed by atoms with van der Waals surface area (Å²) in [6, 6.07) is 12.4. The van der Waals surface area contributed by atoms with Crippen LogP contribution in [0.25, 0.3) is 0 Å². The van der Waals surface area contributed by atoms with Crippen LogP contribution in [0.15, 0.2) is 47.4 Å². The Balaban J connectivity index is 2.04. The maximum absolute atomic E-state index is 12.3. The molecule has 0 heterocycles. The number of esters is 1. The summed E-state index contributed by atoms with van der Waals surface area (Å²) < 4.78 is 9.94. The van der Waals surface area contributed by atoms with Crippen LogP contribution in [-0.4, -0.2) is 32.4 Å². The van der Waals surface area contributed by atoms with Crippen LogP contribution in [0.1, 0.15) is 26.3 Å². The highest BCUT2D eigenvalue weighted by Gasteiger charge is 2.13. The van der Waals surface area contributed by atoms with Crippen LogP contribution >= 0.6 is 11.8 Å². The Hall–Kier alpha value is -2.47. The minimum Gasteiger partial charge on any atom is -0.496 e. The van der Waals surface area contributed by atoms with Gasteiger partial charge in [0.2, 0.25) is 0 Å². The van der Waals surface area contributed by atoms with Gasteiger partial charge >= 0.3 is 5.97 Å². The zero-order valence-corrected chi connectivity index (χ0v) is 14.6. The van der Waals surface area contributed by atoms with Gasteiger partial charge in [0.25, 0.3) is 5.91 Å². The molecule has 0 aliphatic rings. The molecular weight excluding hydrogens is 326 g/mol. The van der Waals surface area contributed by atoms with Crippen molar-refractivity contribution in [3.8, 4) is 5.75 Å². The van der Waals surface area contributed by atoms with Gasteiger partial charge < -0.3 is 14.8 Å². The Bertz CT molecular complexity index is 728. The Morgan fingerprint density at radius 1 is 1.08 bits per heavy atom. The molecule has 0 aliphatic heterocycles. The summed E-state index contributed by atoms with van der Waals surface area (Å²) in [6.07, 6.45) is 1.96. The van der Waals surface area contributed by atoms with Crippen molar-refractivity contribution in [3.63, 3.8) is 0 Å². The molecule has 2 aromatic rings. The predicted octanol–water partition coefficient (Wildman–Crippen LogP) is 3.13. The molecular formula is C18H19NO4S. The lowest BCUT2D eigenvalue weighted by atomic mass is 10.1. The first-order valence-corrected chi connectivity index (χ1v) is 8.49.